The molecule has 1 atom stereocenters. The Morgan fingerprint density at radius 1 is 1.06 bits per heavy atom. The zero-order chi connectivity index (χ0) is 13.1. The summed E-state index contributed by atoms with van der Waals surface area (Å²) >= 11 is 0. The van der Waals surface area contributed by atoms with Crippen molar-refractivity contribution in [2.75, 3.05) is 0 Å². The normalized spacial score (nSPS) is 10.8. The molecule has 0 aliphatic rings. The number of benzene rings is 1. The van der Waals surface area contributed by atoms with E-state index in [2.05, 4.69) is 30.6 Å². The van der Waals surface area contributed by atoms with E-state index in [0.29, 0.717) is 0 Å². The number of aliphatic hydroxyl groups is 1. The van der Waals surface area contributed by atoms with E-state index in [0.717, 1.165) is 18.4 Å². The molecular weight excluding hydrogens is 220 g/mol. The van der Waals surface area contributed by atoms with E-state index >= 15 is 0 Å². The molecule has 0 unspecified atom stereocenters. The maximum atomic E-state index is 9.75. The van der Waals surface area contributed by atoms with E-state index in [-0.39, 0.29) is 0 Å². The maximum Gasteiger partial charge on any atom is 0.141 e. The fourth-order valence-electron chi connectivity index (χ4n) is 1.57. The third-order valence-electron chi connectivity index (χ3n) is 2.63. The number of hydrogen-bond donors (Lipinski definition) is 1. The van der Waals surface area contributed by atoms with Gasteiger partial charge in [0.1, 0.15) is 6.10 Å². The Balaban J connectivity index is 2.31. The summed E-state index contributed by atoms with van der Waals surface area (Å²) in [7, 11) is 0. The Bertz CT molecular complexity index is 439. The number of aliphatic hydroxyl groups excluding tert-OH is 1. The van der Waals surface area contributed by atoms with E-state index < -0.39 is 6.10 Å². The molecule has 1 rings (SSSR count). The summed E-state index contributed by atoms with van der Waals surface area (Å²) in [5.41, 5.74) is 0.815. The molecule has 18 heavy (non-hydrogen) atoms. The largest absolute Gasteiger partial charge is 0.376 e. The van der Waals surface area contributed by atoms with Crippen LogP contribution in [0.1, 0.15) is 50.7 Å². The van der Waals surface area contributed by atoms with E-state index in [1.165, 1.54) is 19.3 Å². The first-order chi connectivity index (χ1) is 8.84. The van der Waals surface area contributed by atoms with Crippen molar-refractivity contribution in [2.45, 2.75) is 45.1 Å². The lowest BCUT2D eigenvalue weighted by atomic mass is 10.1. The third-order valence-corrected chi connectivity index (χ3v) is 2.63. The summed E-state index contributed by atoms with van der Waals surface area (Å²) in [6.07, 6.45) is 5.07. The van der Waals surface area contributed by atoms with Crippen molar-refractivity contribution in [3.8, 4) is 23.7 Å². The first kappa shape index (κ1) is 14.4. The van der Waals surface area contributed by atoms with Gasteiger partial charge in [0.15, 0.2) is 0 Å². The van der Waals surface area contributed by atoms with Crippen molar-refractivity contribution in [3.63, 3.8) is 0 Å². The quantitative estimate of drug-likeness (QED) is 0.614. The molecule has 1 aromatic rings. The summed E-state index contributed by atoms with van der Waals surface area (Å²) in [6, 6.07) is 9.41. The van der Waals surface area contributed by atoms with Crippen LogP contribution in [0.4, 0.5) is 0 Å². The molecule has 1 N–H and O–H groups in total. The molecule has 1 nitrogen and oxygen atoms in total. The van der Waals surface area contributed by atoms with Crippen LogP contribution in [-0.2, 0) is 0 Å². The molecule has 94 valence electrons. The fourth-order valence-corrected chi connectivity index (χ4v) is 1.57. The van der Waals surface area contributed by atoms with Gasteiger partial charge in [-0.2, -0.15) is 0 Å². The molecule has 0 saturated heterocycles. The van der Waals surface area contributed by atoms with E-state index in [1.54, 1.807) is 0 Å². The van der Waals surface area contributed by atoms with Crippen molar-refractivity contribution in [1.82, 2.24) is 0 Å². The Morgan fingerprint density at radius 2 is 1.83 bits per heavy atom. The molecule has 0 fully saturated rings. The second-order valence-corrected chi connectivity index (χ2v) is 4.19. The van der Waals surface area contributed by atoms with Crippen molar-refractivity contribution in [2.24, 2.45) is 0 Å². The highest BCUT2D eigenvalue weighted by molar-refractivity contribution is 5.31. The molecule has 0 amide bonds. The third kappa shape index (κ3) is 6.14. The summed E-state index contributed by atoms with van der Waals surface area (Å²) in [5.74, 6) is 11.3. The topological polar surface area (TPSA) is 20.2 Å². The van der Waals surface area contributed by atoms with Gasteiger partial charge in [-0.25, -0.2) is 0 Å². The van der Waals surface area contributed by atoms with Gasteiger partial charge < -0.3 is 5.11 Å². The molecule has 1 aromatic carbocycles. The zero-order valence-electron chi connectivity index (χ0n) is 10.9. The van der Waals surface area contributed by atoms with Crippen LogP contribution in [0.15, 0.2) is 30.3 Å². The summed E-state index contributed by atoms with van der Waals surface area (Å²) in [6.45, 7) is 2.20. The van der Waals surface area contributed by atoms with Crippen LogP contribution < -0.4 is 0 Å². The van der Waals surface area contributed by atoms with Crippen LogP contribution in [0.2, 0.25) is 0 Å². The zero-order valence-corrected chi connectivity index (χ0v) is 10.9. The first-order valence-corrected chi connectivity index (χ1v) is 6.56. The maximum absolute atomic E-state index is 9.75. The van der Waals surface area contributed by atoms with Crippen molar-refractivity contribution in [1.29, 1.82) is 0 Å². The van der Waals surface area contributed by atoms with Gasteiger partial charge in [-0.05, 0) is 23.8 Å². The van der Waals surface area contributed by atoms with Crippen LogP contribution in [0.25, 0.3) is 0 Å². The van der Waals surface area contributed by atoms with E-state index in [4.69, 9.17) is 0 Å². The Labute approximate surface area is 110 Å². The second-order valence-electron chi connectivity index (χ2n) is 4.19. The van der Waals surface area contributed by atoms with Crippen molar-refractivity contribution < 1.29 is 5.11 Å². The fraction of sp³-hybridized carbons (Fsp3) is 0.412. The van der Waals surface area contributed by atoms with Gasteiger partial charge in [-0.1, -0.05) is 68.4 Å². The van der Waals surface area contributed by atoms with Gasteiger partial charge in [0.05, 0.1) is 0 Å². The number of unbranched alkanes of at least 4 members (excludes halogenated alkanes) is 4. The lowest BCUT2D eigenvalue weighted by Crippen LogP contribution is -1.91. The lowest BCUT2D eigenvalue weighted by Gasteiger charge is -2.00. The van der Waals surface area contributed by atoms with Crippen molar-refractivity contribution >= 4 is 0 Å². The SMILES string of the molecule is CCCCCCC#CC#C[C@H](O)c1ccccc1. The van der Waals surface area contributed by atoms with Crippen LogP contribution in [0.3, 0.4) is 0 Å². The molecule has 0 aliphatic heterocycles. The Hall–Kier alpha value is -1.70. The predicted molar refractivity (Wildman–Crippen MR) is 75.7 cm³/mol. The van der Waals surface area contributed by atoms with Gasteiger partial charge in [0.25, 0.3) is 0 Å². The Morgan fingerprint density at radius 3 is 2.56 bits per heavy atom. The molecule has 0 radical (unpaired) electrons. The van der Waals surface area contributed by atoms with Crippen molar-refractivity contribution in [3.05, 3.63) is 35.9 Å². The average molecular weight is 240 g/mol. The minimum absolute atomic E-state index is 0.736. The van der Waals surface area contributed by atoms with E-state index in [9.17, 15) is 5.11 Å². The summed E-state index contributed by atoms with van der Waals surface area (Å²) < 4.78 is 0. The van der Waals surface area contributed by atoms with Gasteiger partial charge in [0, 0.05) is 6.42 Å². The van der Waals surface area contributed by atoms with E-state index in [1.807, 2.05) is 30.3 Å². The molecule has 0 heterocycles. The highest BCUT2D eigenvalue weighted by Crippen LogP contribution is 2.09. The van der Waals surface area contributed by atoms with Gasteiger partial charge >= 0.3 is 0 Å². The molecule has 0 bridgehead atoms. The van der Waals surface area contributed by atoms with Crippen LogP contribution in [0.5, 0.6) is 0 Å². The smallest absolute Gasteiger partial charge is 0.141 e. The molecular formula is C17H20O. The molecule has 0 saturated carbocycles. The van der Waals surface area contributed by atoms with Gasteiger partial charge in [-0.15, -0.1) is 0 Å². The predicted octanol–water partition coefficient (Wildman–Crippen LogP) is 3.70. The first-order valence-electron chi connectivity index (χ1n) is 6.56. The second kappa shape index (κ2) is 9.34. The molecule has 0 aliphatic carbocycles. The van der Waals surface area contributed by atoms with Crippen LogP contribution in [0, 0.1) is 23.7 Å². The number of hydrogen-bond acceptors (Lipinski definition) is 1. The average Bonchev–Trinajstić information content (AvgIpc) is 2.42. The molecule has 0 spiro atoms. The van der Waals surface area contributed by atoms with Crippen LogP contribution in [-0.4, -0.2) is 5.11 Å². The highest BCUT2D eigenvalue weighted by atomic mass is 16.3. The highest BCUT2D eigenvalue weighted by Gasteiger charge is 2.00. The molecule has 0 aromatic heterocycles. The summed E-state index contributed by atoms with van der Waals surface area (Å²) in [4.78, 5) is 0. The van der Waals surface area contributed by atoms with Gasteiger partial charge in [0.2, 0.25) is 0 Å². The minimum Gasteiger partial charge on any atom is -0.376 e. The number of rotatable bonds is 5. The minimum atomic E-state index is -0.736. The Kier molecular flexibility index (Phi) is 7.45. The lowest BCUT2D eigenvalue weighted by molar-refractivity contribution is 0.238. The monoisotopic (exact) mass is 240 g/mol. The standard InChI is InChI=1S/C17H20O/c1-2-3-4-5-6-7-8-12-15-17(18)16-13-10-9-11-14-16/h9-11,13-14,17-18H,2-6H2,1H3/t17-/m0/s1. The molecule has 1 heteroatoms. The van der Waals surface area contributed by atoms with Crippen LogP contribution >= 0.6 is 0 Å². The summed E-state index contributed by atoms with van der Waals surface area (Å²) in [5, 5.41) is 9.75. The van der Waals surface area contributed by atoms with Gasteiger partial charge in [-0.3, -0.25) is 0 Å².